The van der Waals surface area contributed by atoms with Gasteiger partial charge in [0.2, 0.25) is 0 Å². The monoisotopic (exact) mass is 306 g/mol. The van der Waals surface area contributed by atoms with Gasteiger partial charge in [-0.05, 0) is 50.5 Å². The number of fused-ring (bicyclic) bond motifs is 1. The first kappa shape index (κ1) is 15.5. The summed E-state index contributed by atoms with van der Waals surface area (Å²) in [6.07, 6.45) is 0. The number of benzene rings is 2. The van der Waals surface area contributed by atoms with Crippen LogP contribution in [-0.4, -0.2) is 22.6 Å². The number of pyridine rings is 1. The van der Waals surface area contributed by atoms with Crippen molar-refractivity contribution in [3.8, 4) is 5.69 Å². The Labute approximate surface area is 136 Å². The summed E-state index contributed by atoms with van der Waals surface area (Å²) in [5, 5.41) is 1.75. The first-order chi connectivity index (χ1) is 11.1. The van der Waals surface area contributed by atoms with Gasteiger partial charge in [-0.3, -0.25) is 14.3 Å². The van der Waals surface area contributed by atoms with E-state index >= 15 is 0 Å². The van der Waals surface area contributed by atoms with Crippen LogP contribution in [0.3, 0.4) is 0 Å². The molecule has 1 aromatic heterocycles. The molecule has 0 amide bonds. The van der Waals surface area contributed by atoms with Crippen molar-refractivity contribution in [2.75, 3.05) is 7.05 Å². The lowest BCUT2D eigenvalue weighted by atomic mass is 10.1. The van der Waals surface area contributed by atoms with Crippen LogP contribution in [0.5, 0.6) is 0 Å². The zero-order chi connectivity index (χ0) is 16.4. The molecule has 0 bridgehead atoms. The van der Waals surface area contributed by atoms with E-state index in [-0.39, 0.29) is 5.56 Å². The third-order valence-corrected chi connectivity index (χ3v) is 4.31. The molecule has 0 radical (unpaired) electrons. The molecule has 1 heterocycles. The Morgan fingerprint density at radius 2 is 1.65 bits per heavy atom. The van der Waals surface area contributed by atoms with Crippen LogP contribution in [0.4, 0.5) is 0 Å². The predicted molar refractivity (Wildman–Crippen MR) is 96.1 cm³/mol. The summed E-state index contributed by atoms with van der Waals surface area (Å²) in [6.45, 7) is 5.05. The summed E-state index contributed by atoms with van der Waals surface area (Å²) in [6, 6.07) is 20.2. The fourth-order valence-corrected chi connectivity index (χ4v) is 2.73. The Hall–Kier alpha value is -2.39. The Morgan fingerprint density at radius 3 is 2.35 bits per heavy atom. The number of rotatable bonds is 4. The highest BCUT2D eigenvalue weighted by atomic mass is 16.1. The Kier molecular flexibility index (Phi) is 4.30. The van der Waals surface area contributed by atoms with E-state index in [2.05, 4.69) is 31.9 Å². The van der Waals surface area contributed by atoms with E-state index in [1.165, 1.54) is 0 Å². The molecule has 2 aromatic carbocycles. The van der Waals surface area contributed by atoms with Gasteiger partial charge in [0.25, 0.3) is 5.56 Å². The first-order valence-electron chi connectivity index (χ1n) is 7.97. The van der Waals surface area contributed by atoms with E-state index < -0.39 is 0 Å². The SMILES string of the molecule is CC(C)N(C)Cc1cc2ccccc2c(=O)n1-c1ccccc1. The topological polar surface area (TPSA) is 25.2 Å². The van der Waals surface area contributed by atoms with Crippen molar-refractivity contribution in [1.82, 2.24) is 9.47 Å². The van der Waals surface area contributed by atoms with Gasteiger partial charge in [0, 0.05) is 29.4 Å². The van der Waals surface area contributed by atoms with Crippen molar-refractivity contribution in [2.24, 2.45) is 0 Å². The van der Waals surface area contributed by atoms with Gasteiger partial charge in [-0.1, -0.05) is 36.4 Å². The average Bonchev–Trinajstić information content (AvgIpc) is 2.56. The Balaban J connectivity index is 2.26. The smallest absolute Gasteiger partial charge is 0.263 e. The molecule has 3 nitrogen and oxygen atoms in total. The van der Waals surface area contributed by atoms with Gasteiger partial charge in [-0.25, -0.2) is 0 Å². The minimum atomic E-state index is 0.0430. The molecular weight excluding hydrogens is 284 g/mol. The van der Waals surface area contributed by atoms with Gasteiger partial charge < -0.3 is 0 Å². The van der Waals surface area contributed by atoms with Crippen LogP contribution >= 0.6 is 0 Å². The van der Waals surface area contributed by atoms with Crippen LogP contribution in [-0.2, 0) is 6.54 Å². The van der Waals surface area contributed by atoms with E-state index in [0.717, 1.165) is 28.7 Å². The van der Waals surface area contributed by atoms with Gasteiger partial charge in [-0.15, -0.1) is 0 Å². The second kappa shape index (κ2) is 6.39. The summed E-state index contributed by atoms with van der Waals surface area (Å²) in [4.78, 5) is 15.3. The second-order valence-electron chi connectivity index (χ2n) is 6.21. The van der Waals surface area contributed by atoms with E-state index in [4.69, 9.17) is 0 Å². The zero-order valence-electron chi connectivity index (χ0n) is 13.9. The van der Waals surface area contributed by atoms with Crippen molar-refractivity contribution in [1.29, 1.82) is 0 Å². The highest BCUT2D eigenvalue weighted by Gasteiger charge is 2.13. The largest absolute Gasteiger partial charge is 0.298 e. The molecule has 0 aliphatic rings. The van der Waals surface area contributed by atoms with Crippen molar-refractivity contribution >= 4 is 10.8 Å². The average molecular weight is 306 g/mol. The minimum Gasteiger partial charge on any atom is -0.298 e. The van der Waals surface area contributed by atoms with Crippen molar-refractivity contribution in [2.45, 2.75) is 26.4 Å². The second-order valence-corrected chi connectivity index (χ2v) is 6.21. The molecule has 0 saturated heterocycles. The molecule has 3 heteroatoms. The third kappa shape index (κ3) is 3.06. The normalized spacial score (nSPS) is 11.5. The van der Waals surface area contributed by atoms with Crippen molar-refractivity contribution in [3.05, 3.63) is 76.7 Å². The zero-order valence-corrected chi connectivity index (χ0v) is 13.9. The molecule has 0 aliphatic carbocycles. The molecule has 0 atom stereocenters. The maximum absolute atomic E-state index is 13.0. The molecule has 23 heavy (non-hydrogen) atoms. The summed E-state index contributed by atoms with van der Waals surface area (Å²) in [7, 11) is 2.08. The molecule has 0 aliphatic heterocycles. The maximum atomic E-state index is 13.0. The summed E-state index contributed by atoms with van der Waals surface area (Å²) in [5.74, 6) is 0. The van der Waals surface area contributed by atoms with E-state index in [1.54, 1.807) is 0 Å². The van der Waals surface area contributed by atoms with E-state index in [1.807, 2.05) is 59.2 Å². The van der Waals surface area contributed by atoms with Crippen LogP contribution in [0.15, 0.2) is 65.5 Å². The molecule has 118 valence electrons. The molecule has 0 unspecified atom stereocenters. The van der Waals surface area contributed by atoms with Crippen LogP contribution in [0, 0.1) is 0 Å². The third-order valence-electron chi connectivity index (χ3n) is 4.31. The number of aromatic nitrogens is 1. The molecule has 0 saturated carbocycles. The molecule has 3 rings (SSSR count). The van der Waals surface area contributed by atoms with E-state index in [9.17, 15) is 4.79 Å². The van der Waals surface area contributed by atoms with Gasteiger partial charge in [0.05, 0.1) is 0 Å². The highest BCUT2D eigenvalue weighted by Crippen LogP contribution is 2.17. The van der Waals surface area contributed by atoms with Gasteiger partial charge >= 0.3 is 0 Å². The van der Waals surface area contributed by atoms with Crippen LogP contribution < -0.4 is 5.56 Å². The number of nitrogens with zero attached hydrogens (tertiary/aromatic N) is 2. The fraction of sp³-hybridized carbons (Fsp3) is 0.250. The van der Waals surface area contributed by atoms with Crippen molar-refractivity contribution < 1.29 is 0 Å². The van der Waals surface area contributed by atoms with Crippen molar-refractivity contribution in [3.63, 3.8) is 0 Å². The van der Waals surface area contributed by atoms with Gasteiger partial charge in [0.15, 0.2) is 0 Å². The van der Waals surface area contributed by atoms with Crippen LogP contribution in [0.2, 0.25) is 0 Å². The molecule has 0 fully saturated rings. The first-order valence-corrected chi connectivity index (χ1v) is 7.97. The number of hydrogen-bond donors (Lipinski definition) is 0. The maximum Gasteiger partial charge on any atom is 0.263 e. The predicted octanol–water partition coefficient (Wildman–Crippen LogP) is 3.83. The Bertz CT molecular complexity index is 866. The minimum absolute atomic E-state index is 0.0430. The number of hydrogen-bond acceptors (Lipinski definition) is 2. The van der Waals surface area contributed by atoms with Crippen LogP contribution in [0.1, 0.15) is 19.5 Å². The summed E-state index contributed by atoms with van der Waals surface area (Å²) in [5.41, 5.74) is 1.97. The molecule has 0 N–H and O–H groups in total. The molecular formula is C20H22N2O. The summed E-state index contributed by atoms with van der Waals surface area (Å²) >= 11 is 0. The number of para-hydroxylation sites is 1. The fourth-order valence-electron chi connectivity index (χ4n) is 2.73. The molecule has 0 spiro atoms. The quantitative estimate of drug-likeness (QED) is 0.732. The Morgan fingerprint density at radius 1 is 1.00 bits per heavy atom. The molecule has 3 aromatic rings. The van der Waals surface area contributed by atoms with Gasteiger partial charge in [0.1, 0.15) is 0 Å². The van der Waals surface area contributed by atoms with Crippen LogP contribution in [0.25, 0.3) is 16.5 Å². The summed E-state index contributed by atoms with van der Waals surface area (Å²) < 4.78 is 1.83. The highest BCUT2D eigenvalue weighted by molar-refractivity contribution is 5.82. The van der Waals surface area contributed by atoms with Gasteiger partial charge in [-0.2, -0.15) is 0 Å². The lowest BCUT2D eigenvalue weighted by molar-refractivity contribution is 0.260. The lowest BCUT2D eigenvalue weighted by Gasteiger charge is -2.23. The lowest BCUT2D eigenvalue weighted by Crippen LogP contribution is -2.30. The standard InChI is InChI=1S/C20H22N2O/c1-15(2)21(3)14-18-13-16-9-7-8-12-19(16)20(23)22(18)17-10-5-4-6-11-17/h4-13,15H,14H2,1-3H3. The van der Waals surface area contributed by atoms with E-state index in [0.29, 0.717) is 6.04 Å².